The van der Waals surface area contributed by atoms with Crippen molar-refractivity contribution in [2.45, 2.75) is 19.4 Å². The number of H-pyrrole nitrogens is 1. The Hall–Kier alpha value is -2.68. The summed E-state index contributed by atoms with van der Waals surface area (Å²) in [6.07, 6.45) is 2.38. The molecule has 8 heteroatoms. The zero-order valence-corrected chi connectivity index (χ0v) is 15.1. The molecule has 1 unspecified atom stereocenters. The lowest BCUT2D eigenvalue weighted by Gasteiger charge is -2.10. The van der Waals surface area contributed by atoms with Crippen molar-refractivity contribution < 1.29 is 0 Å². The first kappa shape index (κ1) is 16.8. The lowest BCUT2D eigenvalue weighted by atomic mass is 10.1. The molecule has 0 saturated heterocycles. The van der Waals surface area contributed by atoms with Crippen LogP contribution in [0.2, 0.25) is 0 Å². The van der Waals surface area contributed by atoms with E-state index in [1.54, 1.807) is 17.5 Å². The van der Waals surface area contributed by atoms with Crippen molar-refractivity contribution in [3.8, 4) is 21.1 Å². The summed E-state index contributed by atoms with van der Waals surface area (Å²) >= 11 is 1.54. The molecule has 26 heavy (non-hydrogen) atoms. The largest absolute Gasteiger partial charge is 0.329 e. The van der Waals surface area contributed by atoms with Crippen LogP contribution in [-0.4, -0.2) is 38.0 Å². The molecule has 3 heterocycles. The number of pyridine rings is 1. The Morgan fingerprint density at radius 2 is 2.04 bits per heavy atom. The van der Waals surface area contributed by atoms with Gasteiger partial charge in [0.25, 0.3) is 0 Å². The van der Waals surface area contributed by atoms with Crippen molar-refractivity contribution in [3.05, 3.63) is 47.9 Å². The average Bonchev–Trinajstić information content (AvgIpc) is 3.29. The monoisotopic (exact) mass is 365 g/mol. The van der Waals surface area contributed by atoms with Crippen molar-refractivity contribution in [1.82, 2.24) is 25.4 Å². The number of aromatic amines is 1. The predicted molar refractivity (Wildman–Crippen MR) is 104 cm³/mol. The molecule has 0 bridgehead atoms. The Kier molecular flexibility index (Phi) is 4.46. The summed E-state index contributed by atoms with van der Waals surface area (Å²) in [5.74, 6) is 0. The molecule has 7 nitrogen and oxygen atoms in total. The summed E-state index contributed by atoms with van der Waals surface area (Å²) in [6.45, 7) is 2.43. The topological polar surface area (TPSA) is 119 Å². The highest BCUT2D eigenvalue weighted by Crippen LogP contribution is 2.33. The van der Waals surface area contributed by atoms with Gasteiger partial charge in [0.1, 0.15) is 10.0 Å². The van der Waals surface area contributed by atoms with E-state index in [9.17, 15) is 0 Å². The number of nitrogens with two attached hydrogens (primary N) is 2. The Bertz CT molecular complexity index is 1050. The third kappa shape index (κ3) is 3.10. The third-order valence-corrected chi connectivity index (χ3v) is 5.30. The Balaban J connectivity index is 1.71. The molecule has 0 aliphatic rings. The van der Waals surface area contributed by atoms with Gasteiger partial charge in [-0.15, -0.1) is 10.2 Å². The van der Waals surface area contributed by atoms with E-state index in [0.29, 0.717) is 13.0 Å². The molecule has 0 aliphatic heterocycles. The molecule has 0 saturated carbocycles. The van der Waals surface area contributed by atoms with Crippen molar-refractivity contribution in [1.29, 1.82) is 0 Å². The Morgan fingerprint density at radius 3 is 2.88 bits per heavy atom. The van der Waals surface area contributed by atoms with E-state index in [1.807, 2.05) is 31.2 Å². The molecular formula is C18H19N7S. The average molecular weight is 365 g/mol. The van der Waals surface area contributed by atoms with Gasteiger partial charge in [-0.05, 0) is 37.3 Å². The molecular weight excluding hydrogens is 346 g/mol. The first-order chi connectivity index (χ1) is 12.7. The van der Waals surface area contributed by atoms with Crippen molar-refractivity contribution in [2.75, 3.05) is 6.54 Å². The number of fused-ring (bicyclic) bond motifs is 1. The highest BCUT2D eigenvalue weighted by Gasteiger charge is 2.15. The zero-order chi connectivity index (χ0) is 18.1. The summed E-state index contributed by atoms with van der Waals surface area (Å²) in [5, 5.41) is 18.8. The summed E-state index contributed by atoms with van der Waals surface area (Å²) in [4.78, 5) is 4.46. The van der Waals surface area contributed by atoms with Gasteiger partial charge < -0.3 is 11.5 Å². The summed E-state index contributed by atoms with van der Waals surface area (Å²) in [5.41, 5.74) is 16.5. The number of aryl methyl sites for hydroxylation is 1. The van der Waals surface area contributed by atoms with Gasteiger partial charge in [-0.3, -0.25) is 10.1 Å². The number of hydrogen-bond acceptors (Lipinski definition) is 7. The van der Waals surface area contributed by atoms with Crippen LogP contribution in [0.25, 0.3) is 32.0 Å². The molecule has 4 rings (SSSR count). The van der Waals surface area contributed by atoms with Crippen LogP contribution in [-0.2, 0) is 6.42 Å². The fourth-order valence-corrected chi connectivity index (χ4v) is 3.73. The van der Waals surface area contributed by atoms with Crippen LogP contribution in [0.5, 0.6) is 0 Å². The SMILES string of the molecule is Cc1[nH]nc2ccc(-c3nnc(-c4cccnc4CC(N)CN)s3)cc12. The molecule has 132 valence electrons. The molecule has 5 N–H and O–H groups in total. The summed E-state index contributed by atoms with van der Waals surface area (Å²) in [7, 11) is 0. The second kappa shape index (κ2) is 6.91. The number of nitrogens with one attached hydrogen (secondary N) is 1. The van der Waals surface area contributed by atoms with Gasteiger partial charge >= 0.3 is 0 Å². The molecule has 0 spiro atoms. The van der Waals surface area contributed by atoms with Gasteiger partial charge in [0.2, 0.25) is 0 Å². The number of aromatic nitrogens is 5. The number of nitrogens with zero attached hydrogens (tertiary/aromatic N) is 4. The van der Waals surface area contributed by atoms with E-state index in [2.05, 4.69) is 31.4 Å². The quantitative estimate of drug-likeness (QED) is 0.499. The minimum Gasteiger partial charge on any atom is -0.329 e. The maximum Gasteiger partial charge on any atom is 0.149 e. The lowest BCUT2D eigenvalue weighted by molar-refractivity contribution is 0.668. The van der Waals surface area contributed by atoms with Crippen molar-refractivity contribution >= 4 is 22.2 Å². The van der Waals surface area contributed by atoms with Gasteiger partial charge in [0, 0.05) is 47.4 Å². The predicted octanol–water partition coefficient (Wildman–Crippen LogP) is 2.28. The number of benzene rings is 1. The van der Waals surface area contributed by atoms with Crippen LogP contribution < -0.4 is 11.5 Å². The highest BCUT2D eigenvalue weighted by molar-refractivity contribution is 7.17. The van der Waals surface area contributed by atoms with E-state index in [0.717, 1.165) is 43.4 Å². The standard InChI is InChI=1S/C18H19N7S/c1-10-14-7-11(4-5-15(14)23-22-10)17-24-25-18(26-17)13-3-2-6-21-16(13)8-12(20)9-19/h2-7,12H,8-9,19-20H2,1H3,(H,22,23). The van der Waals surface area contributed by atoms with Crippen LogP contribution >= 0.6 is 11.3 Å². The van der Waals surface area contributed by atoms with Crippen LogP contribution in [0.3, 0.4) is 0 Å². The van der Waals surface area contributed by atoms with Crippen LogP contribution in [0.15, 0.2) is 36.5 Å². The summed E-state index contributed by atoms with van der Waals surface area (Å²) < 4.78 is 0. The molecule has 1 atom stereocenters. The second-order valence-electron chi connectivity index (χ2n) is 6.19. The lowest BCUT2D eigenvalue weighted by Crippen LogP contribution is -2.32. The van der Waals surface area contributed by atoms with Gasteiger partial charge in [0.05, 0.1) is 11.2 Å². The number of hydrogen-bond donors (Lipinski definition) is 3. The van der Waals surface area contributed by atoms with Gasteiger partial charge in [0.15, 0.2) is 0 Å². The number of rotatable bonds is 5. The van der Waals surface area contributed by atoms with Crippen LogP contribution in [0, 0.1) is 6.92 Å². The fourth-order valence-electron chi connectivity index (χ4n) is 2.85. The molecule has 0 fully saturated rings. The van der Waals surface area contributed by atoms with E-state index in [4.69, 9.17) is 11.5 Å². The van der Waals surface area contributed by atoms with E-state index in [1.165, 1.54) is 0 Å². The molecule has 0 radical (unpaired) electrons. The van der Waals surface area contributed by atoms with E-state index < -0.39 is 0 Å². The van der Waals surface area contributed by atoms with Crippen LogP contribution in [0.4, 0.5) is 0 Å². The van der Waals surface area contributed by atoms with Crippen molar-refractivity contribution in [2.24, 2.45) is 11.5 Å². The van der Waals surface area contributed by atoms with E-state index in [-0.39, 0.29) is 6.04 Å². The second-order valence-corrected chi connectivity index (χ2v) is 7.17. The van der Waals surface area contributed by atoms with Gasteiger partial charge in [-0.25, -0.2) is 0 Å². The first-order valence-electron chi connectivity index (χ1n) is 8.34. The maximum absolute atomic E-state index is 6.00. The molecule has 0 amide bonds. The molecule has 1 aromatic carbocycles. The molecule has 4 aromatic rings. The maximum atomic E-state index is 6.00. The Morgan fingerprint density at radius 1 is 1.19 bits per heavy atom. The molecule has 0 aliphatic carbocycles. The third-order valence-electron chi connectivity index (χ3n) is 4.30. The van der Waals surface area contributed by atoms with Gasteiger partial charge in [-0.1, -0.05) is 11.3 Å². The minimum atomic E-state index is -0.123. The molecule has 3 aromatic heterocycles. The zero-order valence-electron chi connectivity index (χ0n) is 14.3. The summed E-state index contributed by atoms with van der Waals surface area (Å²) in [6, 6.07) is 9.87. The first-order valence-corrected chi connectivity index (χ1v) is 9.16. The van der Waals surface area contributed by atoms with Crippen molar-refractivity contribution in [3.63, 3.8) is 0 Å². The minimum absolute atomic E-state index is 0.123. The van der Waals surface area contributed by atoms with Gasteiger partial charge in [-0.2, -0.15) is 5.10 Å². The van der Waals surface area contributed by atoms with E-state index >= 15 is 0 Å². The normalized spacial score (nSPS) is 12.6. The fraction of sp³-hybridized carbons (Fsp3) is 0.222. The smallest absolute Gasteiger partial charge is 0.149 e. The Labute approximate surface area is 154 Å². The van der Waals surface area contributed by atoms with Crippen LogP contribution in [0.1, 0.15) is 11.4 Å². The highest BCUT2D eigenvalue weighted by atomic mass is 32.1.